The van der Waals surface area contributed by atoms with Crippen molar-refractivity contribution in [1.82, 2.24) is 0 Å². The number of benzene rings is 1. The predicted molar refractivity (Wildman–Crippen MR) is 47.1 cm³/mol. The van der Waals surface area contributed by atoms with Crippen LogP contribution in [0.1, 0.15) is 5.56 Å². The van der Waals surface area contributed by atoms with Crippen LogP contribution in [0.4, 0.5) is 4.39 Å². The molecule has 78 valence electrons. The molecule has 0 aromatic heterocycles. The van der Waals surface area contributed by atoms with Gasteiger partial charge in [-0.1, -0.05) is 18.2 Å². The molecule has 0 bridgehead atoms. The Balaban J connectivity index is 2.68. The summed E-state index contributed by atoms with van der Waals surface area (Å²) in [5, 5.41) is 0. The molecule has 0 amide bonds. The van der Waals surface area contributed by atoms with E-state index in [0.717, 1.165) is 7.11 Å². The molecule has 0 N–H and O–H groups in total. The molecule has 0 spiro atoms. The van der Waals surface area contributed by atoms with E-state index < -0.39 is 16.2 Å². The highest BCUT2D eigenvalue weighted by atomic mass is 32.3. The highest BCUT2D eigenvalue weighted by Gasteiger charge is 2.10. The lowest BCUT2D eigenvalue weighted by Crippen LogP contribution is -2.07. The van der Waals surface area contributed by atoms with E-state index in [2.05, 4.69) is 8.37 Å². The van der Waals surface area contributed by atoms with Crippen molar-refractivity contribution in [2.45, 2.75) is 6.61 Å². The second-order valence-corrected chi connectivity index (χ2v) is 3.81. The Labute approximate surface area is 81.6 Å². The zero-order chi connectivity index (χ0) is 10.6. The van der Waals surface area contributed by atoms with E-state index >= 15 is 0 Å². The van der Waals surface area contributed by atoms with E-state index in [9.17, 15) is 12.8 Å². The van der Waals surface area contributed by atoms with Gasteiger partial charge in [0.1, 0.15) is 5.82 Å². The van der Waals surface area contributed by atoms with Crippen LogP contribution in [0.15, 0.2) is 24.3 Å². The Morgan fingerprint density at radius 1 is 1.36 bits per heavy atom. The van der Waals surface area contributed by atoms with Crippen molar-refractivity contribution in [3.8, 4) is 0 Å². The molecule has 1 aromatic carbocycles. The summed E-state index contributed by atoms with van der Waals surface area (Å²) in [6.45, 7) is -0.372. The Hall–Kier alpha value is -0.980. The molecule has 0 saturated carbocycles. The summed E-state index contributed by atoms with van der Waals surface area (Å²) in [7, 11) is -3.03. The average molecular weight is 220 g/mol. The number of rotatable bonds is 4. The molecule has 0 fully saturated rings. The molecule has 4 nitrogen and oxygen atoms in total. The minimum absolute atomic E-state index is 0.160. The maximum atomic E-state index is 13.0. The molecule has 14 heavy (non-hydrogen) atoms. The van der Waals surface area contributed by atoms with E-state index in [1.165, 1.54) is 18.2 Å². The minimum Gasteiger partial charge on any atom is -0.252 e. The topological polar surface area (TPSA) is 52.6 Å². The fourth-order valence-electron chi connectivity index (χ4n) is 0.799. The van der Waals surface area contributed by atoms with Crippen LogP contribution in [0.2, 0.25) is 0 Å². The van der Waals surface area contributed by atoms with Crippen LogP contribution in [-0.2, 0) is 25.4 Å². The average Bonchev–Trinajstić information content (AvgIpc) is 2.17. The lowest BCUT2D eigenvalue weighted by atomic mass is 10.2. The van der Waals surface area contributed by atoms with Crippen LogP contribution in [0.3, 0.4) is 0 Å². The first-order valence-electron chi connectivity index (χ1n) is 3.73. The summed E-state index contributed by atoms with van der Waals surface area (Å²) in [6.07, 6.45) is 0. The smallest absolute Gasteiger partial charge is 0.252 e. The molecule has 0 saturated heterocycles. The van der Waals surface area contributed by atoms with Gasteiger partial charge in [-0.15, -0.1) is 0 Å². The van der Waals surface area contributed by atoms with Gasteiger partial charge in [0.2, 0.25) is 0 Å². The Bertz CT molecular complexity index is 402. The maximum Gasteiger partial charge on any atom is 0.399 e. The van der Waals surface area contributed by atoms with E-state index in [1.807, 2.05) is 0 Å². The molecule has 0 unspecified atom stereocenters. The standard InChI is InChI=1S/C8H9FO4S/c1-12-14(10,11)13-6-7-4-2-3-5-8(7)9/h2-5H,6H2,1H3. The van der Waals surface area contributed by atoms with Crippen molar-refractivity contribution in [3.05, 3.63) is 35.6 Å². The highest BCUT2D eigenvalue weighted by molar-refractivity contribution is 7.81. The quantitative estimate of drug-likeness (QED) is 0.765. The Morgan fingerprint density at radius 2 is 2.00 bits per heavy atom. The van der Waals surface area contributed by atoms with E-state index in [4.69, 9.17) is 0 Å². The van der Waals surface area contributed by atoms with Gasteiger partial charge in [0.15, 0.2) is 0 Å². The summed E-state index contributed by atoms with van der Waals surface area (Å²) < 4.78 is 42.8. The molecule has 0 aliphatic rings. The van der Waals surface area contributed by atoms with Crippen molar-refractivity contribution < 1.29 is 21.2 Å². The van der Waals surface area contributed by atoms with Gasteiger partial charge in [-0.3, -0.25) is 4.18 Å². The molecule has 0 heterocycles. The van der Waals surface area contributed by atoms with Crippen molar-refractivity contribution >= 4 is 10.4 Å². The van der Waals surface area contributed by atoms with Gasteiger partial charge in [-0.2, -0.15) is 8.42 Å². The Kier molecular flexibility index (Phi) is 3.56. The fraction of sp³-hybridized carbons (Fsp3) is 0.250. The van der Waals surface area contributed by atoms with E-state index in [-0.39, 0.29) is 12.2 Å². The molecule has 1 rings (SSSR count). The third-order valence-electron chi connectivity index (χ3n) is 1.52. The predicted octanol–water partition coefficient (Wildman–Crippen LogP) is 1.23. The van der Waals surface area contributed by atoms with Crippen LogP contribution < -0.4 is 0 Å². The SMILES string of the molecule is COS(=O)(=O)OCc1ccccc1F. The molecule has 0 atom stereocenters. The molecule has 6 heteroatoms. The van der Waals surface area contributed by atoms with Crippen molar-refractivity contribution in [2.75, 3.05) is 7.11 Å². The summed E-state index contributed by atoms with van der Waals surface area (Å²) in [6, 6.07) is 5.74. The summed E-state index contributed by atoms with van der Waals surface area (Å²) in [4.78, 5) is 0. The lowest BCUT2D eigenvalue weighted by Gasteiger charge is -2.03. The molecular weight excluding hydrogens is 211 g/mol. The highest BCUT2D eigenvalue weighted by Crippen LogP contribution is 2.09. The lowest BCUT2D eigenvalue weighted by molar-refractivity contribution is 0.233. The zero-order valence-electron chi connectivity index (χ0n) is 7.44. The number of hydrogen-bond donors (Lipinski definition) is 0. The third-order valence-corrected chi connectivity index (χ3v) is 2.34. The van der Waals surface area contributed by atoms with Crippen LogP contribution in [0.25, 0.3) is 0 Å². The van der Waals surface area contributed by atoms with Crippen LogP contribution in [-0.4, -0.2) is 15.5 Å². The molecule has 0 radical (unpaired) electrons. The van der Waals surface area contributed by atoms with Crippen LogP contribution in [0, 0.1) is 5.82 Å². The number of halogens is 1. The van der Waals surface area contributed by atoms with Crippen molar-refractivity contribution in [2.24, 2.45) is 0 Å². The molecule has 0 aliphatic heterocycles. The summed E-state index contributed by atoms with van der Waals surface area (Å²) in [5.74, 6) is -0.515. The minimum atomic E-state index is -4.00. The third kappa shape index (κ3) is 3.06. The van der Waals surface area contributed by atoms with Gasteiger partial charge in [-0.05, 0) is 6.07 Å². The maximum absolute atomic E-state index is 13.0. The molecule has 1 aromatic rings. The van der Waals surface area contributed by atoms with E-state index in [1.54, 1.807) is 6.07 Å². The van der Waals surface area contributed by atoms with Gasteiger partial charge < -0.3 is 0 Å². The largest absolute Gasteiger partial charge is 0.399 e. The van der Waals surface area contributed by atoms with Gasteiger partial charge in [-0.25, -0.2) is 8.57 Å². The van der Waals surface area contributed by atoms with Crippen molar-refractivity contribution in [3.63, 3.8) is 0 Å². The van der Waals surface area contributed by atoms with Crippen LogP contribution in [0.5, 0.6) is 0 Å². The van der Waals surface area contributed by atoms with Crippen molar-refractivity contribution in [1.29, 1.82) is 0 Å². The second-order valence-electron chi connectivity index (χ2n) is 2.43. The van der Waals surface area contributed by atoms with Gasteiger partial charge in [0.25, 0.3) is 0 Å². The molecular formula is C8H9FO4S. The zero-order valence-corrected chi connectivity index (χ0v) is 8.25. The first-order chi connectivity index (χ1) is 6.55. The normalized spacial score (nSPS) is 11.6. The van der Waals surface area contributed by atoms with E-state index in [0.29, 0.717) is 0 Å². The van der Waals surface area contributed by atoms with Crippen LogP contribution >= 0.6 is 0 Å². The molecule has 0 aliphatic carbocycles. The monoisotopic (exact) mass is 220 g/mol. The first-order valence-corrected chi connectivity index (χ1v) is 5.07. The van der Waals surface area contributed by atoms with Gasteiger partial charge >= 0.3 is 10.4 Å². The number of hydrogen-bond acceptors (Lipinski definition) is 4. The Morgan fingerprint density at radius 3 is 2.57 bits per heavy atom. The first kappa shape index (κ1) is 11.1. The van der Waals surface area contributed by atoms with Gasteiger partial charge in [0.05, 0.1) is 13.7 Å². The van der Waals surface area contributed by atoms with Gasteiger partial charge in [0, 0.05) is 5.56 Å². The summed E-state index contributed by atoms with van der Waals surface area (Å²) in [5.41, 5.74) is 0.160. The second kappa shape index (κ2) is 4.50. The fourth-order valence-corrected chi connectivity index (χ4v) is 1.17. The summed E-state index contributed by atoms with van der Waals surface area (Å²) >= 11 is 0.